The van der Waals surface area contributed by atoms with Gasteiger partial charge in [0.1, 0.15) is 0 Å². The summed E-state index contributed by atoms with van der Waals surface area (Å²) in [4.78, 5) is 10.7. The molecule has 0 fully saturated rings. The van der Waals surface area contributed by atoms with Crippen LogP contribution in [0.4, 0.5) is 0 Å². The highest BCUT2D eigenvalue weighted by molar-refractivity contribution is 5.88. The number of aromatic nitrogens is 1. The van der Waals surface area contributed by atoms with Crippen LogP contribution in [0.3, 0.4) is 0 Å². The molecule has 0 aliphatic rings. The molecule has 4 nitrogen and oxygen atoms in total. The van der Waals surface area contributed by atoms with Crippen molar-refractivity contribution in [1.29, 1.82) is 0 Å². The van der Waals surface area contributed by atoms with E-state index >= 15 is 0 Å². The first-order chi connectivity index (χ1) is 9.69. The highest BCUT2D eigenvalue weighted by atomic mass is 16.4. The van der Waals surface area contributed by atoms with E-state index in [4.69, 9.17) is 10.8 Å². The molecule has 0 saturated carbocycles. The van der Waals surface area contributed by atoms with E-state index in [2.05, 4.69) is 0 Å². The van der Waals surface area contributed by atoms with Crippen LogP contribution in [0, 0.1) is 0 Å². The van der Waals surface area contributed by atoms with Crippen molar-refractivity contribution < 1.29 is 14.5 Å². The lowest BCUT2D eigenvalue weighted by Crippen LogP contribution is -2.36. The molecule has 1 aromatic carbocycles. The quantitative estimate of drug-likeness (QED) is 0.813. The summed E-state index contributed by atoms with van der Waals surface area (Å²) in [5.74, 6) is -0.909. The minimum absolute atomic E-state index is 0.296. The average molecular weight is 269 g/mol. The third kappa shape index (κ3) is 3.76. The van der Waals surface area contributed by atoms with Crippen molar-refractivity contribution >= 4 is 18.1 Å². The van der Waals surface area contributed by atoms with Crippen molar-refractivity contribution in [3.63, 3.8) is 0 Å². The van der Waals surface area contributed by atoms with Crippen LogP contribution in [0.15, 0.2) is 48.8 Å². The molecule has 102 valence electrons. The summed E-state index contributed by atoms with van der Waals surface area (Å²) in [7, 11) is 0. The summed E-state index contributed by atoms with van der Waals surface area (Å²) in [5.41, 5.74) is 7.84. The van der Waals surface area contributed by atoms with E-state index in [9.17, 15) is 4.79 Å². The van der Waals surface area contributed by atoms with E-state index in [-0.39, 0.29) is 0 Å². The number of hydrogen-bond donors (Lipinski definition) is 2. The Morgan fingerprint density at radius 2 is 1.60 bits per heavy atom. The molecule has 0 amide bonds. The Kier molecular flexibility index (Phi) is 4.63. The number of hydrogen-bond acceptors (Lipinski definition) is 2. The Morgan fingerprint density at radius 3 is 2.10 bits per heavy atom. The number of nitrogens with zero attached hydrogens (tertiary/aromatic N) is 1. The van der Waals surface area contributed by atoms with Gasteiger partial charge in [0.15, 0.2) is 18.9 Å². The molecule has 0 aliphatic heterocycles. The van der Waals surface area contributed by atoms with Gasteiger partial charge in [-0.05, 0) is 23.3 Å². The van der Waals surface area contributed by atoms with Gasteiger partial charge < -0.3 is 10.8 Å². The number of pyridine rings is 1. The largest absolute Gasteiger partial charge is 0.478 e. The molecule has 20 heavy (non-hydrogen) atoms. The summed E-state index contributed by atoms with van der Waals surface area (Å²) in [6, 6.07) is 10.8. The van der Waals surface area contributed by atoms with Gasteiger partial charge in [0, 0.05) is 12.1 Å². The topological polar surface area (TPSA) is 67.2 Å². The van der Waals surface area contributed by atoms with E-state index in [0.717, 1.165) is 17.7 Å². The maximum atomic E-state index is 10.7. The van der Waals surface area contributed by atoms with Gasteiger partial charge in [-0.25, -0.2) is 9.36 Å². The lowest BCUT2D eigenvalue weighted by atomic mass is 10.1. The number of carboxylic acids is 1. The van der Waals surface area contributed by atoms with Gasteiger partial charge in [-0.15, -0.1) is 0 Å². The highest BCUT2D eigenvalue weighted by Crippen LogP contribution is 2.09. The second-order valence-electron chi connectivity index (χ2n) is 4.42. The number of carbonyl (C=O) groups is 1. The molecule has 0 bridgehead atoms. The van der Waals surface area contributed by atoms with Gasteiger partial charge in [-0.1, -0.05) is 24.3 Å². The lowest BCUT2D eigenvalue weighted by Gasteiger charge is -1.97. The van der Waals surface area contributed by atoms with Gasteiger partial charge in [0.05, 0.1) is 12.1 Å². The highest BCUT2D eigenvalue weighted by Gasteiger charge is 2.00. The minimum Gasteiger partial charge on any atom is -0.478 e. The summed E-state index contributed by atoms with van der Waals surface area (Å²) in [6.07, 6.45) is 7.91. The van der Waals surface area contributed by atoms with Crippen molar-refractivity contribution in [2.45, 2.75) is 6.54 Å². The minimum atomic E-state index is -0.909. The van der Waals surface area contributed by atoms with Gasteiger partial charge in [-0.3, -0.25) is 0 Å². The number of nitrogens with two attached hydrogens (primary N) is 1. The van der Waals surface area contributed by atoms with Gasteiger partial charge >= 0.3 is 5.97 Å². The fourth-order valence-electron chi connectivity index (χ4n) is 1.81. The molecular weight excluding hydrogens is 252 g/mol. The van der Waals surface area contributed by atoms with E-state index < -0.39 is 5.97 Å². The number of carboxylic acid groups (broad SMARTS) is 1. The lowest BCUT2D eigenvalue weighted by molar-refractivity contribution is -0.694. The predicted octanol–water partition coefficient (Wildman–Crippen LogP) is 1.80. The smallest absolute Gasteiger partial charge is 0.335 e. The molecule has 0 radical (unpaired) electrons. The van der Waals surface area contributed by atoms with Crippen LogP contribution in [-0.2, 0) is 6.54 Å². The first-order valence-electron chi connectivity index (χ1n) is 6.39. The van der Waals surface area contributed by atoms with Crippen molar-refractivity contribution in [3.05, 3.63) is 65.5 Å². The van der Waals surface area contributed by atoms with E-state index in [1.807, 2.05) is 41.2 Å². The predicted molar refractivity (Wildman–Crippen MR) is 78.0 cm³/mol. The molecule has 0 unspecified atom stereocenters. The molecule has 0 atom stereocenters. The summed E-state index contributed by atoms with van der Waals surface area (Å²) in [5, 5.41) is 8.82. The van der Waals surface area contributed by atoms with Crippen LogP contribution in [-0.4, -0.2) is 17.6 Å². The van der Waals surface area contributed by atoms with Crippen LogP contribution in [0.5, 0.6) is 0 Å². The summed E-state index contributed by atoms with van der Waals surface area (Å²) >= 11 is 0. The zero-order chi connectivity index (χ0) is 14.4. The van der Waals surface area contributed by atoms with Crippen LogP contribution >= 0.6 is 0 Å². The second-order valence-corrected chi connectivity index (χ2v) is 4.42. The fraction of sp³-hybridized carbons (Fsp3) is 0.125. The summed E-state index contributed by atoms with van der Waals surface area (Å²) < 4.78 is 2.03. The Morgan fingerprint density at radius 1 is 1.05 bits per heavy atom. The van der Waals surface area contributed by atoms with Crippen LogP contribution < -0.4 is 10.3 Å². The van der Waals surface area contributed by atoms with Gasteiger partial charge in [-0.2, -0.15) is 0 Å². The number of benzene rings is 1. The van der Waals surface area contributed by atoms with Crippen molar-refractivity contribution in [2.24, 2.45) is 5.73 Å². The molecule has 4 heteroatoms. The summed E-state index contributed by atoms with van der Waals surface area (Å²) in [6.45, 7) is 1.43. The van der Waals surface area contributed by atoms with Crippen molar-refractivity contribution in [2.75, 3.05) is 6.54 Å². The zero-order valence-corrected chi connectivity index (χ0v) is 11.1. The average Bonchev–Trinajstić information content (AvgIpc) is 2.47. The molecular formula is C16H17N2O2+. The fourth-order valence-corrected chi connectivity index (χ4v) is 1.81. The first kappa shape index (κ1) is 14.0. The first-order valence-corrected chi connectivity index (χ1v) is 6.39. The molecule has 1 heterocycles. The molecule has 3 N–H and O–H groups in total. The van der Waals surface area contributed by atoms with Gasteiger partial charge in [0.2, 0.25) is 0 Å². The Hall–Kier alpha value is -2.46. The normalized spacial score (nSPS) is 10.8. The van der Waals surface area contributed by atoms with Crippen molar-refractivity contribution in [1.82, 2.24) is 0 Å². The Balaban J connectivity index is 2.06. The van der Waals surface area contributed by atoms with E-state index in [1.165, 1.54) is 0 Å². The molecule has 0 saturated heterocycles. The maximum Gasteiger partial charge on any atom is 0.335 e. The third-order valence-corrected chi connectivity index (χ3v) is 2.93. The molecule has 1 aromatic heterocycles. The maximum absolute atomic E-state index is 10.7. The number of rotatable bonds is 5. The Labute approximate surface area is 117 Å². The van der Waals surface area contributed by atoms with Crippen LogP contribution in [0.1, 0.15) is 21.5 Å². The standard InChI is InChI=1S/C16H16N2O2/c17-9-12-18-10-7-14(8-11-18)2-1-13-3-5-15(6-4-13)16(19)20/h1-8,10-11H,9,12,17H2/p+1/b2-1+. The molecule has 0 aliphatic carbocycles. The van der Waals surface area contributed by atoms with E-state index in [1.54, 1.807) is 24.3 Å². The third-order valence-electron chi connectivity index (χ3n) is 2.93. The van der Waals surface area contributed by atoms with E-state index in [0.29, 0.717) is 12.1 Å². The monoisotopic (exact) mass is 269 g/mol. The molecule has 0 spiro atoms. The van der Waals surface area contributed by atoms with Crippen molar-refractivity contribution in [3.8, 4) is 0 Å². The Bertz CT molecular complexity index is 601. The molecule has 2 rings (SSSR count). The number of aromatic carboxylic acids is 1. The molecule has 2 aromatic rings. The SMILES string of the molecule is NCC[n+]1ccc(/C=C/c2ccc(C(=O)O)cc2)cc1. The van der Waals surface area contributed by atoms with Gasteiger partial charge in [0.25, 0.3) is 0 Å². The van der Waals surface area contributed by atoms with Crippen LogP contribution in [0.25, 0.3) is 12.2 Å². The van der Waals surface area contributed by atoms with Crippen LogP contribution in [0.2, 0.25) is 0 Å². The second kappa shape index (κ2) is 6.63. The zero-order valence-electron chi connectivity index (χ0n) is 11.1.